The van der Waals surface area contributed by atoms with E-state index in [2.05, 4.69) is 35.1 Å². The molecule has 4 unspecified atom stereocenters. The molecule has 2 aromatic rings. The number of benzene rings is 1. The van der Waals surface area contributed by atoms with Gasteiger partial charge in [-0.3, -0.25) is 4.98 Å². The molecular formula is C24H30N2O4. The van der Waals surface area contributed by atoms with Crippen molar-refractivity contribution >= 4 is 0 Å². The number of aromatic nitrogens is 1. The van der Waals surface area contributed by atoms with Crippen LogP contribution >= 0.6 is 0 Å². The van der Waals surface area contributed by atoms with Gasteiger partial charge in [0.15, 0.2) is 17.3 Å². The van der Waals surface area contributed by atoms with Gasteiger partial charge in [0, 0.05) is 42.3 Å². The molecule has 1 saturated carbocycles. The molecule has 3 fully saturated rings. The first-order chi connectivity index (χ1) is 14.6. The van der Waals surface area contributed by atoms with E-state index in [0.29, 0.717) is 12.6 Å². The Hall–Kier alpha value is -2.15. The van der Waals surface area contributed by atoms with E-state index in [4.69, 9.17) is 18.9 Å². The highest BCUT2D eigenvalue weighted by molar-refractivity contribution is 5.46. The Kier molecular flexibility index (Phi) is 4.96. The molecule has 1 aliphatic carbocycles. The van der Waals surface area contributed by atoms with Gasteiger partial charge in [0.2, 0.25) is 0 Å². The Balaban J connectivity index is 1.42. The SMILES string of the molecule is COc1ccc(C23CCN(C)C2CC2(CC3)OCC(c3cccnc3)O2)cc1OC. The summed E-state index contributed by atoms with van der Waals surface area (Å²) in [6.07, 6.45) is 7.55. The zero-order chi connectivity index (χ0) is 20.8. The van der Waals surface area contributed by atoms with Crippen LogP contribution in [-0.4, -0.2) is 56.1 Å². The summed E-state index contributed by atoms with van der Waals surface area (Å²) in [5.74, 6) is 1.06. The standard InChI is InChI=1S/C24H30N2O4/c1-26-12-10-23(18-6-7-19(27-2)20(13-18)28-3)8-9-24(14-22(23)26)29-16-21(30-24)17-5-4-11-25-15-17/h4-7,11,13,15,21-22H,8-10,12,14,16H2,1-3H3. The average Bonchev–Trinajstić information content (AvgIpc) is 3.36. The zero-order valence-corrected chi connectivity index (χ0v) is 18.0. The van der Waals surface area contributed by atoms with E-state index in [9.17, 15) is 0 Å². The van der Waals surface area contributed by atoms with Crippen LogP contribution in [0.3, 0.4) is 0 Å². The van der Waals surface area contributed by atoms with Crippen molar-refractivity contribution in [2.24, 2.45) is 0 Å². The van der Waals surface area contributed by atoms with E-state index in [1.165, 1.54) is 5.56 Å². The Morgan fingerprint density at radius 3 is 2.73 bits per heavy atom. The molecule has 2 aliphatic heterocycles. The second-order valence-electron chi connectivity index (χ2n) is 8.79. The Morgan fingerprint density at radius 2 is 1.97 bits per heavy atom. The van der Waals surface area contributed by atoms with Crippen molar-refractivity contribution in [3.63, 3.8) is 0 Å². The third-order valence-corrected chi connectivity index (χ3v) is 7.41. The molecule has 0 amide bonds. The first kappa shape index (κ1) is 19.8. The summed E-state index contributed by atoms with van der Waals surface area (Å²) in [5.41, 5.74) is 2.50. The number of methoxy groups -OCH3 is 2. The molecule has 6 heteroatoms. The number of ether oxygens (including phenoxy) is 4. The van der Waals surface area contributed by atoms with Crippen molar-refractivity contribution in [3.8, 4) is 11.5 Å². The molecule has 2 saturated heterocycles. The van der Waals surface area contributed by atoms with Gasteiger partial charge in [-0.2, -0.15) is 0 Å². The summed E-state index contributed by atoms with van der Waals surface area (Å²) >= 11 is 0. The average molecular weight is 411 g/mol. The monoisotopic (exact) mass is 410 g/mol. The van der Waals surface area contributed by atoms with Gasteiger partial charge in [-0.25, -0.2) is 0 Å². The minimum Gasteiger partial charge on any atom is -0.493 e. The number of hydrogen-bond acceptors (Lipinski definition) is 6. The fraction of sp³-hybridized carbons (Fsp3) is 0.542. The predicted molar refractivity (Wildman–Crippen MR) is 113 cm³/mol. The van der Waals surface area contributed by atoms with Crippen LogP contribution in [0.15, 0.2) is 42.7 Å². The van der Waals surface area contributed by atoms with Gasteiger partial charge in [-0.05, 0) is 50.2 Å². The van der Waals surface area contributed by atoms with Crippen molar-refractivity contribution in [3.05, 3.63) is 53.9 Å². The van der Waals surface area contributed by atoms with Crippen LogP contribution < -0.4 is 9.47 Å². The fourth-order valence-corrected chi connectivity index (χ4v) is 5.72. The number of likely N-dealkylation sites (tertiary alicyclic amines) is 1. The molecule has 1 aromatic carbocycles. The number of nitrogens with zero attached hydrogens (tertiary/aromatic N) is 2. The number of rotatable bonds is 4. The van der Waals surface area contributed by atoms with Gasteiger partial charge in [-0.1, -0.05) is 12.1 Å². The lowest BCUT2D eigenvalue weighted by Gasteiger charge is -2.48. The summed E-state index contributed by atoms with van der Waals surface area (Å²) in [5, 5.41) is 0. The lowest BCUT2D eigenvalue weighted by Crippen LogP contribution is -2.52. The normalized spacial score (nSPS) is 33.6. The van der Waals surface area contributed by atoms with Crippen LogP contribution in [0.1, 0.15) is 42.9 Å². The van der Waals surface area contributed by atoms with Crippen molar-refractivity contribution in [1.82, 2.24) is 9.88 Å². The van der Waals surface area contributed by atoms with Gasteiger partial charge in [0.05, 0.1) is 20.8 Å². The highest BCUT2D eigenvalue weighted by Crippen LogP contribution is 2.55. The number of fused-ring (bicyclic) bond motifs is 1. The topological polar surface area (TPSA) is 53.1 Å². The molecule has 4 atom stereocenters. The minimum absolute atomic E-state index is 0.0426. The molecular weight excluding hydrogens is 380 g/mol. The Labute approximate surface area is 178 Å². The molecule has 5 rings (SSSR count). The van der Waals surface area contributed by atoms with Crippen molar-refractivity contribution in [1.29, 1.82) is 0 Å². The van der Waals surface area contributed by atoms with Crippen molar-refractivity contribution in [2.45, 2.75) is 49.0 Å². The maximum atomic E-state index is 6.56. The Bertz CT molecular complexity index is 907. The summed E-state index contributed by atoms with van der Waals surface area (Å²) < 4.78 is 24.0. The molecule has 3 heterocycles. The molecule has 0 bridgehead atoms. The van der Waals surface area contributed by atoms with Gasteiger partial charge < -0.3 is 23.8 Å². The largest absolute Gasteiger partial charge is 0.493 e. The smallest absolute Gasteiger partial charge is 0.170 e. The van der Waals surface area contributed by atoms with Crippen LogP contribution in [0, 0.1) is 0 Å². The summed E-state index contributed by atoms with van der Waals surface area (Å²) in [6.45, 7) is 1.66. The van der Waals surface area contributed by atoms with Gasteiger partial charge in [-0.15, -0.1) is 0 Å². The number of hydrogen-bond donors (Lipinski definition) is 0. The maximum absolute atomic E-state index is 6.56. The molecule has 30 heavy (non-hydrogen) atoms. The lowest BCUT2D eigenvalue weighted by molar-refractivity contribution is -0.204. The van der Waals surface area contributed by atoms with E-state index in [1.807, 2.05) is 18.3 Å². The zero-order valence-electron chi connectivity index (χ0n) is 18.0. The van der Waals surface area contributed by atoms with E-state index < -0.39 is 5.79 Å². The maximum Gasteiger partial charge on any atom is 0.170 e. The first-order valence-corrected chi connectivity index (χ1v) is 10.7. The van der Waals surface area contributed by atoms with Crippen molar-refractivity contribution < 1.29 is 18.9 Å². The molecule has 6 nitrogen and oxygen atoms in total. The van der Waals surface area contributed by atoms with Crippen LogP contribution in [0.5, 0.6) is 11.5 Å². The van der Waals surface area contributed by atoms with Crippen LogP contribution in [0.2, 0.25) is 0 Å². The van der Waals surface area contributed by atoms with Crippen LogP contribution in [0.4, 0.5) is 0 Å². The van der Waals surface area contributed by atoms with Crippen molar-refractivity contribution in [2.75, 3.05) is 34.4 Å². The third-order valence-electron chi connectivity index (χ3n) is 7.41. The molecule has 3 aliphatic rings. The number of likely N-dealkylation sites (N-methyl/N-ethyl adjacent to an activating group) is 1. The summed E-state index contributed by atoms with van der Waals surface area (Å²) in [4.78, 5) is 6.72. The predicted octanol–water partition coefficient (Wildman–Crippen LogP) is 3.71. The summed E-state index contributed by atoms with van der Waals surface area (Å²) in [6, 6.07) is 10.8. The fourth-order valence-electron chi connectivity index (χ4n) is 5.72. The van der Waals surface area contributed by atoms with E-state index in [-0.39, 0.29) is 11.5 Å². The van der Waals surface area contributed by atoms with E-state index in [1.54, 1.807) is 20.4 Å². The van der Waals surface area contributed by atoms with Crippen LogP contribution in [-0.2, 0) is 14.9 Å². The summed E-state index contributed by atoms with van der Waals surface area (Å²) in [7, 11) is 5.60. The second-order valence-corrected chi connectivity index (χ2v) is 8.79. The second kappa shape index (κ2) is 7.52. The van der Waals surface area contributed by atoms with Gasteiger partial charge in [0.25, 0.3) is 0 Å². The van der Waals surface area contributed by atoms with Gasteiger partial charge >= 0.3 is 0 Å². The Morgan fingerprint density at radius 1 is 1.10 bits per heavy atom. The van der Waals surface area contributed by atoms with Gasteiger partial charge in [0.1, 0.15) is 6.10 Å². The van der Waals surface area contributed by atoms with Crippen LogP contribution in [0.25, 0.3) is 0 Å². The highest BCUT2D eigenvalue weighted by Gasteiger charge is 2.57. The third kappa shape index (κ3) is 3.09. The van der Waals surface area contributed by atoms with E-state index in [0.717, 1.165) is 49.3 Å². The quantitative estimate of drug-likeness (QED) is 0.766. The lowest BCUT2D eigenvalue weighted by atomic mass is 9.64. The molecule has 1 spiro atoms. The van der Waals surface area contributed by atoms with E-state index >= 15 is 0 Å². The molecule has 160 valence electrons. The first-order valence-electron chi connectivity index (χ1n) is 10.7. The molecule has 0 N–H and O–H groups in total. The highest BCUT2D eigenvalue weighted by atomic mass is 16.7. The minimum atomic E-state index is -0.510. The molecule has 0 radical (unpaired) electrons. The number of pyridine rings is 1. The molecule has 1 aromatic heterocycles.